The lowest BCUT2D eigenvalue weighted by Gasteiger charge is -2.29. The van der Waals surface area contributed by atoms with E-state index in [1.165, 1.54) is 11.3 Å². The summed E-state index contributed by atoms with van der Waals surface area (Å²) in [5, 5.41) is 1.94. The third kappa shape index (κ3) is 3.05. The van der Waals surface area contributed by atoms with Crippen LogP contribution >= 0.6 is 11.3 Å². The third-order valence-corrected chi connectivity index (χ3v) is 5.35. The lowest BCUT2D eigenvalue weighted by molar-refractivity contribution is 0.111. The molecule has 0 atom stereocenters. The van der Waals surface area contributed by atoms with Crippen molar-refractivity contribution >= 4 is 22.6 Å². The van der Waals surface area contributed by atoms with Crippen molar-refractivity contribution in [1.29, 1.82) is 0 Å². The van der Waals surface area contributed by atoms with Crippen LogP contribution in [0.15, 0.2) is 23.7 Å². The van der Waals surface area contributed by atoms with Gasteiger partial charge in [-0.1, -0.05) is 41.5 Å². The maximum absolute atomic E-state index is 11.8. The van der Waals surface area contributed by atoms with Gasteiger partial charge in [-0.3, -0.25) is 9.20 Å². The van der Waals surface area contributed by atoms with Crippen LogP contribution in [-0.4, -0.2) is 22.8 Å². The molecule has 0 saturated heterocycles. The topological polar surface area (TPSA) is 43.6 Å². The van der Waals surface area contributed by atoms with E-state index in [4.69, 9.17) is 9.72 Å². The molecule has 0 saturated carbocycles. The number of hydrogen-bond acceptors (Lipinski definition) is 4. The number of carbonyl (C=O) groups excluding carboxylic acids is 1. The maximum atomic E-state index is 11.8. The van der Waals surface area contributed by atoms with E-state index in [0.29, 0.717) is 5.69 Å². The molecular weight excluding hydrogens is 344 g/mol. The highest BCUT2D eigenvalue weighted by molar-refractivity contribution is 7.15. The minimum Gasteiger partial charge on any atom is -0.496 e. The Bertz CT molecular complexity index is 933. The Balaban J connectivity index is 2.37. The monoisotopic (exact) mass is 370 g/mol. The van der Waals surface area contributed by atoms with Gasteiger partial charge in [-0.25, -0.2) is 4.98 Å². The molecule has 0 fully saturated rings. The standard InChI is InChI=1S/C21H26N2O2S/c1-20(2,3)14-10-13(11-15(18(14)25-7)21(4,5)6)17-16(12-24)23-8-9-26-19(23)22-17/h8-12H,1-7H3. The van der Waals surface area contributed by atoms with Crippen molar-refractivity contribution in [3.05, 3.63) is 40.5 Å². The number of benzene rings is 1. The van der Waals surface area contributed by atoms with Gasteiger partial charge in [0.15, 0.2) is 11.2 Å². The average Bonchev–Trinajstić information content (AvgIpc) is 3.12. The molecule has 0 radical (unpaired) electrons. The van der Waals surface area contributed by atoms with Crippen molar-refractivity contribution in [3.8, 4) is 17.0 Å². The van der Waals surface area contributed by atoms with Gasteiger partial charge in [0.2, 0.25) is 0 Å². The summed E-state index contributed by atoms with van der Waals surface area (Å²) in [5.74, 6) is 0.919. The molecule has 138 valence electrons. The first-order valence-corrected chi connectivity index (χ1v) is 9.60. The summed E-state index contributed by atoms with van der Waals surface area (Å²) in [6, 6.07) is 4.24. The molecule has 0 bridgehead atoms. The Labute approximate surface area is 158 Å². The van der Waals surface area contributed by atoms with Crippen LogP contribution in [0.1, 0.15) is 63.2 Å². The second-order valence-corrected chi connectivity index (χ2v) is 9.50. The Morgan fingerprint density at radius 2 is 1.65 bits per heavy atom. The van der Waals surface area contributed by atoms with Crippen LogP contribution < -0.4 is 4.74 Å². The van der Waals surface area contributed by atoms with Crippen LogP contribution in [0.25, 0.3) is 16.2 Å². The molecule has 0 aliphatic carbocycles. The molecule has 0 amide bonds. The summed E-state index contributed by atoms with van der Waals surface area (Å²) in [6.07, 6.45) is 2.78. The highest BCUT2D eigenvalue weighted by Crippen LogP contribution is 2.43. The van der Waals surface area contributed by atoms with E-state index < -0.39 is 0 Å². The molecule has 0 aliphatic rings. The van der Waals surface area contributed by atoms with Crippen molar-refractivity contribution in [2.75, 3.05) is 7.11 Å². The first-order valence-electron chi connectivity index (χ1n) is 8.72. The first kappa shape index (κ1) is 18.6. The van der Waals surface area contributed by atoms with Crippen LogP contribution in [0.4, 0.5) is 0 Å². The molecule has 2 aromatic heterocycles. The summed E-state index contributed by atoms with van der Waals surface area (Å²) in [4.78, 5) is 17.3. The normalized spacial score (nSPS) is 12.6. The quantitative estimate of drug-likeness (QED) is 0.574. The number of fused-ring (bicyclic) bond motifs is 1. The lowest BCUT2D eigenvalue weighted by atomic mass is 9.78. The van der Waals surface area contributed by atoms with Gasteiger partial charge >= 0.3 is 0 Å². The molecule has 0 spiro atoms. The van der Waals surface area contributed by atoms with Gasteiger partial charge in [0.05, 0.1) is 7.11 Å². The molecule has 5 heteroatoms. The first-order chi connectivity index (χ1) is 12.1. The van der Waals surface area contributed by atoms with Gasteiger partial charge in [-0.15, -0.1) is 11.3 Å². The fraction of sp³-hybridized carbons (Fsp3) is 0.429. The minimum atomic E-state index is -0.0974. The number of nitrogens with zero attached hydrogens (tertiary/aromatic N) is 2. The minimum absolute atomic E-state index is 0.0974. The molecule has 1 aromatic carbocycles. The molecule has 0 aliphatic heterocycles. The van der Waals surface area contributed by atoms with E-state index >= 15 is 0 Å². The molecule has 0 N–H and O–H groups in total. The van der Waals surface area contributed by atoms with Gasteiger partial charge in [0.25, 0.3) is 0 Å². The second kappa shape index (κ2) is 6.23. The molecule has 0 unspecified atom stereocenters. The maximum Gasteiger partial charge on any atom is 0.194 e. The predicted molar refractivity (Wildman–Crippen MR) is 108 cm³/mol. The van der Waals surface area contributed by atoms with E-state index in [-0.39, 0.29) is 10.8 Å². The fourth-order valence-electron chi connectivity index (χ4n) is 3.23. The number of aldehydes is 1. The zero-order valence-electron chi connectivity index (χ0n) is 16.5. The second-order valence-electron chi connectivity index (χ2n) is 8.62. The van der Waals surface area contributed by atoms with Crippen LogP contribution in [-0.2, 0) is 10.8 Å². The summed E-state index contributed by atoms with van der Waals surface area (Å²) >= 11 is 1.53. The molecule has 4 nitrogen and oxygen atoms in total. The number of hydrogen-bond donors (Lipinski definition) is 0. The Kier molecular flexibility index (Phi) is 4.47. The van der Waals surface area contributed by atoms with E-state index in [1.807, 2.05) is 16.0 Å². The van der Waals surface area contributed by atoms with E-state index in [2.05, 4.69) is 53.7 Å². The zero-order valence-corrected chi connectivity index (χ0v) is 17.3. The van der Waals surface area contributed by atoms with Crippen LogP contribution in [0, 0.1) is 0 Å². The largest absolute Gasteiger partial charge is 0.496 e. The van der Waals surface area contributed by atoms with Gasteiger partial charge < -0.3 is 4.74 Å². The number of thiazole rings is 1. The third-order valence-electron chi connectivity index (χ3n) is 4.59. The smallest absolute Gasteiger partial charge is 0.194 e. The average molecular weight is 371 g/mol. The zero-order chi connectivity index (χ0) is 19.3. The highest BCUT2D eigenvalue weighted by Gasteiger charge is 2.29. The number of methoxy groups -OCH3 is 1. The number of ether oxygens (including phenoxy) is 1. The van der Waals surface area contributed by atoms with Gasteiger partial charge in [-0.05, 0) is 23.0 Å². The molecule has 26 heavy (non-hydrogen) atoms. The van der Waals surface area contributed by atoms with Crippen molar-refractivity contribution in [2.24, 2.45) is 0 Å². The number of aromatic nitrogens is 2. The highest BCUT2D eigenvalue weighted by atomic mass is 32.1. The van der Waals surface area contributed by atoms with Crippen molar-refractivity contribution in [1.82, 2.24) is 9.38 Å². The number of carbonyl (C=O) groups is 1. The van der Waals surface area contributed by atoms with Crippen LogP contribution in [0.2, 0.25) is 0 Å². The van der Waals surface area contributed by atoms with Gasteiger partial charge in [0, 0.05) is 28.3 Å². The van der Waals surface area contributed by atoms with Crippen molar-refractivity contribution < 1.29 is 9.53 Å². The Hall–Kier alpha value is -2.14. The SMILES string of the molecule is COc1c(C(C)(C)C)cc(-c2nc3sccn3c2C=O)cc1C(C)(C)C. The van der Waals surface area contributed by atoms with Crippen molar-refractivity contribution in [2.45, 2.75) is 52.4 Å². The number of imidazole rings is 1. The van der Waals surface area contributed by atoms with Crippen LogP contribution in [0.5, 0.6) is 5.75 Å². The Morgan fingerprint density at radius 1 is 1.08 bits per heavy atom. The summed E-state index contributed by atoms with van der Waals surface area (Å²) in [6.45, 7) is 13.0. The number of rotatable bonds is 3. The van der Waals surface area contributed by atoms with E-state index in [1.54, 1.807) is 7.11 Å². The molecule has 3 rings (SSSR count). The van der Waals surface area contributed by atoms with E-state index in [9.17, 15) is 4.79 Å². The van der Waals surface area contributed by atoms with Gasteiger partial charge in [-0.2, -0.15) is 0 Å². The van der Waals surface area contributed by atoms with E-state index in [0.717, 1.165) is 39.4 Å². The van der Waals surface area contributed by atoms with Gasteiger partial charge in [0.1, 0.15) is 17.1 Å². The summed E-state index contributed by atoms with van der Waals surface area (Å²) in [7, 11) is 1.73. The van der Waals surface area contributed by atoms with Crippen molar-refractivity contribution in [3.63, 3.8) is 0 Å². The predicted octanol–water partition coefficient (Wildman–Crippen LogP) is 5.48. The lowest BCUT2D eigenvalue weighted by Crippen LogP contribution is -2.19. The Morgan fingerprint density at radius 3 is 2.12 bits per heavy atom. The van der Waals surface area contributed by atoms with Crippen LogP contribution in [0.3, 0.4) is 0 Å². The molecule has 2 heterocycles. The molecule has 3 aromatic rings. The summed E-state index contributed by atoms with van der Waals surface area (Å²) < 4.78 is 7.68. The fourth-order valence-corrected chi connectivity index (χ4v) is 3.95. The molecular formula is C21H26N2O2S. The summed E-state index contributed by atoms with van der Waals surface area (Å²) in [5.41, 5.74) is 4.32.